The van der Waals surface area contributed by atoms with Crippen LogP contribution in [-0.2, 0) is 0 Å². The molecule has 3 fully saturated rings. The van der Waals surface area contributed by atoms with Gasteiger partial charge >= 0.3 is 0 Å². The van der Waals surface area contributed by atoms with Gasteiger partial charge in [0.1, 0.15) is 0 Å². The second kappa shape index (κ2) is 4.47. The SMILES string of the molecule is C=C1C[C@@]2(C)C(=C[C@H]1O)CC[C@H]1[C@@H]3CCC[C@@]3(C)CC[C@@H]12. The van der Waals surface area contributed by atoms with Crippen molar-refractivity contribution >= 4 is 0 Å². The highest BCUT2D eigenvalue weighted by Crippen LogP contribution is 2.65. The zero-order valence-corrected chi connectivity index (χ0v) is 13.7. The quantitative estimate of drug-likeness (QED) is 0.630. The number of hydrogen-bond acceptors (Lipinski definition) is 1. The van der Waals surface area contributed by atoms with E-state index in [-0.39, 0.29) is 6.10 Å². The average molecular weight is 286 g/mol. The third-order valence-corrected chi connectivity index (χ3v) is 7.89. The molecule has 0 aliphatic heterocycles. The molecule has 0 aromatic heterocycles. The van der Waals surface area contributed by atoms with Gasteiger partial charge in [0.15, 0.2) is 0 Å². The van der Waals surface area contributed by atoms with Crippen LogP contribution in [0.2, 0.25) is 0 Å². The van der Waals surface area contributed by atoms with E-state index in [1.54, 1.807) is 5.57 Å². The second-order valence-corrected chi connectivity index (χ2v) is 8.89. The lowest BCUT2D eigenvalue weighted by Gasteiger charge is -2.58. The van der Waals surface area contributed by atoms with Gasteiger partial charge in [-0.1, -0.05) is 38.5 Å². The van der Waals surface area contributed by atoms with Crippen molar-refractivity contribution in [2.75, 3.05) is 0 Å². The lowest BCUT2D eigenvalue weighted by Crippen LogP contribution is -2.49. The predicted molar refractivity (Wildman–Crippen MR) is 86.8 cm³/mol. The molecule has 0 unspecified atom stereocenters. The molecule has 0 bridgehead atoms. The van der Waals surface area contributed by atoms with Crippen molar-refractivity contribution in [3.8, 4) is 0 Å². The van der Waals surface area contributed by atoms with E-state index in [0.717, 1.165) is 29.7 Å². The molecule has 0 amide bonds. The fraction of sp³-hybridized carbons (Fsp3) is 0.800. The molecule has 4 aliphatic rings. The van der Waals surface area contributed by atoms with E-state index in [1.165, 1.54) is 44.9 Å². The fourth-order valence-electron chi connectivity index (χ4n) is 6.72. The van der Waals surface area contributed by atoms with E-state index in [1.807, 2.05) is 0 Å². The summed E-state index contributed by atoms with van der Waals surface area (Å²) in [4.78, 5) is 0. The van der Waals surface area contributed by atoms with Crippen LogP contribution in [-0.4, -0.2) is 11.2 Å². The van der Waals surface area contributed by atoms with Crippen LogP contribution in [0.3, 0.4) is 0 Å². The minimum absolute atomic E-state index is 0.295. The Morgan fingerprint density at radius 2 is 1.95 bits per heavy atom. The molecule has 1 heteroatoms. The highest BCUT2D eigenvalue weighted by molar-refractivity contribution is 5.33. The van der Waals surface area contributed by atoms with Crippen LogP contribution in [0.25, 0.3) is 0 Å². The van der Waals surface area contributed by atoms with Gasteiger partial charge in [0.2, 0.25) is 0 Å². The molecule has 3 saturated carbocycles. The highest BCUT2D eigenvalue weighted by atomic mass is 16.3. The third-order valence-electron chi connectivity index (χ3n) is 7.89. The summed E-state index contributed by atoms with van der Waals surface area (Å²) < 4.78 is 0. The van der Waals surface area contributed by atoms with Gasteiger partial charge in [-0.15, -0.1) is 0 Å². The van der Waals surface area contributed by atoms with Gasteiger partial charge in [-0.2, -0.15) is 0 Å². The van der Waals surface area contributed by atoms with Crippen molar-refractivity contribution in [2.24, 2.45) is 28.6 Å². The molecule has 0 aromatic carbocycles. The van der Waals surface area contributed by atoms with Gasteiger partial charge in [-0.3, -0.25) is 0 Å². The normalized spacial score (nSPS) is 52.7. The summed E-state index contributed by atoms with van der Waals surface area (Å²) in [5.74, 6) is 2.73. The zero-order chi connectivity index (χ0) is 14.8. The molecule has 4 aliphatic carbocycles. The lowest BCUT2D eigenvalue weighted by molar-refractivity contribution is -0.0344. The van der Waals surface area contributed by atoms with E-state index in [0.29, 0.717) is 10.8 Å². The van der Waals surface area contributed by atoms with E-state index in [4.69, 9.17) is 0 Å². The Hall–Kier alpha value is -0.560. The largest absolute Gasteiger partial charge is 0.385 e. The van der Waals surface area contributed by atoms with Gasteiger partial charge in [0, 0.05) is 0 Å². The van der Waals surface area contributed by atoms with Gasteiger partial charge in [0.25, 0.3) is 0 Å². The maximum Gasteiger partial charge on any atom is 0.0932 e. The minimum Gasteiger partial charge on any atom is -0.385 e. The van der Waals surface area contributed by atoms with Crippen molar-refractivity contribution in [3.05, 3.63) is 23.8 Å². The maximum atomic E-state index is 10.1. The first-order valence-corrected chi connectivity index (χ1v) is 9.01. The fourth-order valence-corrected chi connectivity index (χ4v) is 6.72. The molecule has 6 atom stereocenters. The summed E-state index contributed by atoms with van der Waals surface area (Å²) in [5, 5.41) is 10.1. The number of aliphatic hydroxyl groups excluding tert-OH is 1. The Labute approximate surface area is 129 Å². The van der Waals surface area contributed by atoms with E-state index >= 15 is 0 Å². The number of hydrogen-bond donors (Lipinski definition) is 1. The summed E-state index contributed by atoms with van der Waals surface area (Å²) in [6.07, 6.45) is 12.6. The van der Waals surface area contributed by atoms with E-state index in [9.17, 15) is 5.11 Å². The Morgan fingerprint density at radius 3 is 2.76 bits per heavy atom. The summed E-state index contributed by atoms with van der Waals surface area (Å²) >= 11 is 0. The summed E-state index contributed by atoms with van der Waals surface area (Å²) in [7, 11) is 0. The summed E-state index contributed by atoms with van der Waals surface area (Å²) in [6.45, 7) is 9.20. The van der Waals surface area contributed by atoms with Crippen LogP contribution in [0.1, 0.15) is 65.2 Å². The lowest BCUT2D eigenvalue weighted by atomic mass is 9.47. The highest BCUT2D eigenvalue weighted by Gasteiger charge is 2.56. The van der Waals surface area contributed by atoms with Crippen LogP contribution < -0.4 is 0 Å². The summed E-state index contributed by atoms with van der Waals surface area (Å²) in [5.41, 5.74) is 3.53. The number of fused-ring (bicyclic) bond motifs is 5. The molecule has 0 spiro atoms. The summed E-state index contributed by atoms with van der Waals surface area (Å²) in [6, 6.07) is 0. The number of aliphatic hydroxyl groups is 1. The maximum absolute atomic E-state index is 10.1. The second-order valence-electron chi connectivity index (χ2n) is 8.89. The Bertz CT molecular complexity index is 504. The monoisotopic (exact) mass is 286 g/mol. The van der Waals surface area contributed by atoms with Crippen LogP contribution >= 0.6 is 0 Å². The molecule has 1 nitrogen and oxygen atoms in total. The molecular formula is C20H30O. The van der Waals surface area contributed by atoms with Gasteiger partial charge in [-0.25, -0.2) is 0 Å². The van der Waals surface area contributed by atoms with Gasteiger partial charge < -0.3 is 5.11 Å². The molecule has 4 rings (SSSR count). The predicted octanol–water partition coefficient (Wildman–Crippen LogP) is 4.87. The Balaban J connectivity index is 1.70. The van der Waals surface area contributed by atoms with Crippen molar-refractivity contribution in [2.45, 2.75) is 71.3 Å². The average Bonchev–Trinajstić information content (AvgIpc) is 2.82. The first kappa shape index (κ1) is 14.1. The van der Waals surface area contributed by atoms with Gasteiger partial charge in [-0.05, 0) is 79.1 Å². The molecular weight excluding hydrogens is 256 g/mol. The van der Waals surface area contributed by atoms with Crippen molar-refractivity contribution in [3.63, 3.8) is 0 Å². The smallest absolute Gasteiger partial charge is 0.0932 e. The van der Waals surface area contributed by atoms with Crippen LogP contribution in [0.4, 0.5) is 0 Å². The van der Waals surface area contributed by atoms with Crippen molar-refractivity contribution in [1.82, 2.24) is 0 Å². The standard InChI is InChI=1S/C20H30O/c1-13-12-20(3)14(11-18(13)21)6-7-15-16-5-4-9-19(16,2)10-8-17(15)20/h11,15-18,21H,1,4-10,12H2,2-3H3/t15-,16-,17-,18+,19-,20-/m0/s1. The topological polar surface area (TPSA) is 20.2 Å². The van der Waals surface area contributed by atoms with Crippen molar-refractivity contribution in [1.29, 1.82) is 0 Å². The Morgan fingerprint density at radius 1 is 1.14 bits per heavy atom. The number of rotatable bonds is 0. The first-order valence-electron chi connectivity index (χ1n) is 9.01. The molecule has 116 valence electrons. The van der Waals surface area contributed by atoms with Crippen molar-refractivity contribution < 1.29 is 5.11 Å². The minimum atomic E-state index is -0.384. The van der Waals surface area contributed by atoms with Gasteiger partial charge in [0.05, 0.1) is 6.10 Å². The van der Waals surface area contributed by atoms with E-state index < -0.39 is 0 Å². The molecule has 0 radical (unpaired) electrons. The molecule has 21 heavy (non-hydrogen) atoms. The van der Waals surface area contributed by atoms with E-state index in [2.05, 4.69) is 26.5 Å². The number of allylic oxidation sites excluding steroid dienone is 1. The van der Waals surface area contributed by atoms with Crippen LogP contribution in [0, 0.1) is 28.6 Å². The molecule has 0 saturated heterocycles. The Kier molecular flexibility index (Phi) is 2.99. The third kappa shape index (κ3) is 1.86. The molecule has 1 N–H and O–H groups in total. The molecule has 0 aromatic rings. The molecule has 0 heterocycles. The van der Waals surface area contributed by atoms with Crippen LogP contribution in [0.5, 0.6) is 0 Å². The first-order chi connectivity index (χ1) is 9.94. The zero-order valence-electron chi connectivity index (χ0n) is 13.7. The van der Waals surface area contributed by atoms with Crippen LogP contribution in [0.15, 0.2) is 23.8 Å².